The third-order valence-electron chi connectivity index (χ3n) is 12.2. The number of nitrogens with zero attached hydrogens (tertiary/aromatic N) is 1. The molecule has 2 aromatic rings. The second-order valence-electron chi connectivity index (χ2n) is 17.4. The van der Waals surface area contributed by atoms with E-state index in [-0.39, 0.29) is 0 Å². The highest BCUT2D eigenvalue weighted by Gasteiger charge is 2.27. The summed E-state index contributed by atoms with van der Waals surface area (Å²) in [5.74, 6) is 0. The summed E-state index contributed by atoms with van der Waals surface area (Å²) in [5.41, 5.74) is 3.03. The van der Waals surface area contributed by atoms with Crippen LogP contribution in [0.3, 0.4) is 0 Å². The Labute approximate surface area is 333 Å². The monoisotopic (exact) mass is 731 g/mol. The average Bonchev–Trinajstić information content (AvgIpc) is 3.18. The molecule has 0 fully saturated rings. The Balaban J connectivity index is 1.65. The quantitative estimate of drug-likeness (QED) is 0.0473. The van der Waals surface area contributed by atoms with Crippen molar-refractivity contribution < 1.29 is 4.48 Å². The van der Waals surface area contributed by atoms with Crippen molar-refractivity contribution in [2.75, 3.05) is 13.1 Å². The minimum Gasteiger partial charge on any atom is -0.316 e. The molecule has 2 aromatic carbocycles. The van der Waals surface area contributed by atoms with Crippen LogP contribution in [0.2, 0.25) is 0 Å². The molecule has 0 saturated heterocycles. The van der Waals surface area contributed by atoms with E-state index in [0.29, 0.717) is 0 Å². The summed E-state index contributed by atoms with van der Waals surface area (Å²) in [6, 6.07) is 22.9. The summed E-state index contributed by atoms with van der Waals surface area (Å²) in [6.45, 7) is 9.62. The minimum atomic E-state index is 1.17. The largest absolute Gasteiger partial charge is 0.316 e. The molecule has 53 heavy (non-hydrogen) atoms. The molecule has 0 aromatic heterocycles. The van der Waals surface area contributed by atoms with Crippen LogP contribution in [0.25, 0.3) is 0 Å². The summed E-state index contributed by atoms with van der Waals surface area (Å²) < 4.78 is 1.23. The van der Waals surface area contributed by atoms with E-state index in [2.05, 4.69) is 74.5 Å². The molecule has 0 radical (unpaired) electrons. The van der Waals surface area contributed by atoms with Gasteiger partial charge in [-0.3, -0.25) is 0 Å². The normalized spacial score (nSPS) is 11.8. The fraction of sp³-hybridized carbons (Fsp3) is 0.769. The van der Waals surface area contributed by atoms with Gasteiger partial charge >= 0.3 is 0 Å². The minimum absolute atomic E-state index is 1.17. The van der Waals surface area contributed by atoms with Crippen LogP contribution in [0.15, 0.2) is 60.7 Å². The molecule has 0 aliphatic carbocycles. The van der Waals surface area contributed by atoms with Crippen molar-refractivity contribution in [2.45, 2.75) is 245 Å². The van der Waals surface area contributed by atoms with Crippen LogP contribution < -0.4 is 0 Å². The van der Waals surface area contributed by atoms with Gasteiger partial charge in [0.15, 0.2) is 0 Å². The maximum absolute atomic E-state index is 2.38. The molecule has 0 unspecified atom stereocenters. The van der Waals surface area contributed by atoms with Gasteiger partial charge in [0.05, 0.1) is 13.1 Å². The lowest BCUT2D eigenvalue weighted by Crippen LogP contribution is -2.48. The topological polar surface area (TPSA) is 0 Å². The second kappa shape index (κ2) is 36.1. The lowest BCUT2D eigenvalue weighted by Gasteiger charge is -2.39. The molecule has 0 heterocycles. The molecule has 1 heteroatoms. The molecule has 0 N–H and O–H groups in total. The van der Waals surface area contributed by atoms with Crippen LogP contribution in [0.1, 0.15) is 243 Å². The molecular weight excluding hydrogens is 639 g/mol. The smallest absolute Gasteiger partial charge is 0.105 e. The Kier molecular flexibility index (Phi) is 32.4. The zero-order valence-electron chi connectivity index (χ0n) is 36.1. The maximum Gasteiger partial charge on any atom is 0.105 e. The molecule has 304 valence electrons. The van der Waals surface area contributed by atoms with Crippen molar-refractivity contribution >= 4 is 0 Å². The first-order chi connectivity index (χ1) is 26.3. The molecule has 0 amide bonds. The Morgan fingerprint density at radius 1 is 0.264 bits per heavy atom. The van der Waals surface area contributed by atoms with Crippen LogP contribution >= 0.6 is 0 Å². The van der Waals surface area contributed by atoms with Crippen molar-refractivity contribution in [2.24, 2.45) is 0 Å². The lowest BCUT2D eigenvalue weighted by molar-refractivity contribution is -0.954. The fourth-order valence-corrected chi connectivity index (χ4v) is 8.77. The summed E-state index contributed by atoms with van der Waals surface area (Å²) in [5, 5.41) is 0. The molecule has 0 bridgehead atoms. The van der Waals surface area contributed by atoms with Gasteiger partial charge in [-0.2, -0.15) is 0 Å². The van der Waals surface area contributed by atoms with Crippen molar-refractivity contribution in [3.8, 4) is 0 Å². The van der Waals surface area contributed by atoms with Crippen LogP contribution in [-0.4, -0.2) is 17.6 Å². The first kappa shape index (κ1) is 47.6. The highest BCUT2D eigenvalue weighted by atomic mass is 15.3. The van der Waals surface area contributed by atoms with Crippen molar-refractivity contribution in [1.29, 1.82) is 0 Å². The van der Waals surface area contributed by atoms with Crippen molar-refractivity contribution in [1.82, 2.24) is 0 Å². The molecular formula is C52H92N+. The molecule has 0 spiro atoms. The summed E-state index contributed by atoms with van der Waals surface area (Å²) >= 11 is 0. The Bertz CT molecular complexity index is 901. The molecule has 0 aliphatic heterocycles. The van der Waals surface area contributed by atoms with E-state index >= 15 is 0 Å². The van der Waals surface area contributed by atoms with E-state index in [4.69, 9.17) is 0 Å². The fourth-order valence-electron chi connectivity index (χ4n) is 8.77. The highest BCUT2D eigenvalue weighted by molar-refractivity contribution is 5.15. The maximum atomic E-state index is 2.38. The molecule has 2 rings (SSSR count). The molecule has 1 nitrogen and oxygen atoms in total. The number of unbranched alkanes of at least 4 members (excludes halogenated alkanes) is 32. The van der Waals surface area contributed by atoms with E-state index in [1.807, 2.05) is 0 Å². The second-order valence-corrected chi connectivity index (χ2v) is 17.4. The number of hydrogen-bond acceptors (Lipinski definition) is 0. The number of benzene rings is 2. The van der Waals surface area contributed by atoms with Gasteiger partial charge in [-0.25, -0.2) is 0 Å². The Morgan fingerprint density at radius 2 is 0.472 bits per heavy atom. The van der Waals surface area contributed by atoms with E-state index in [1.54, 1.807) is 0 Å². The Morgan fingerprint density at radius 3 is 0.698 bits per heavy atom. The van der Waals surface area contributed by atoms with Gasteiger partial charge in [-0.05, 0) is 25.7 Å². The highest BCUT2D eigenvalue weighted by Crippen LogP contribution is 2.25. The first-order valence-electron chi connectivity index (χ1n) is 24.2. The Hall–Kier alpha value is -1.60. The lowest BCUT2D eigenvalue weighted by atomic mass is 10.0. The zero-order valence-corrected chi connectivity index (χ0v) is 36.1. The average molecular weight is 731 g/mol. The van der Waals surface area contributed by atoms with Crippen LogP contribution in [0.4, 0.5) is 0 Å². The molecule has 0 saturated carbocycles. The van der Waals surface area contributed by atoms with E-state index in [9.17, 15) is 0 Å². The summed E-state index contributed by atoms with van der Waals surface area (Å²) in [6.07, 6.45) is 49.1. The van der Waals surface area contributed by atoms with Gasteiger partial charge in [-0.15, -0.1) is 0 Å². The van der Waals surface area contributed by atoms with Crippen LogP contribution in [0, 0.1) is 0 Å². The third kappa shape index (κ3) is 28.5. The molecule has 0 atom stereocenters. The summed E-state index contributed by atoms with van der Waals surface area (Å²) in [4.78, 5) is 0. The van der Waals surface area contributed by atoms with Gasteiger partial charge in [0.25, 0.3) is 0 Å². The predicted octanol–water partition coefficient (Wildman–Crippen LogP) is 17.5. The first-order valence-corrected chi connectivity index (χ1v) is 24.2. The number of quaternary nitrogens is 1. The van der Waals surface area contributed by atoms with E-state index < -0.39 is 0 Å². The van der Waals surface area contributed by atoms with Crippen LogP contribution in [0.5, 0.6) is 0 Å². The molecule has 0 aliphatic rings. The van der Waals surface area contributed by atoms with Crippen LogP contribution in [-0.2, 0) is 13.1 Å². The van der Waals surface area contributed by atoms with Gasteiger partial charge in [0, 0.05) is 11.1 Å². The van der Waals surface area contributed by atoms with E-state index in [0.717, 1.165) is 0 Å². The third-order valence-corrected chi connectivity index (χ3v) is 12.2. The standard InChI is InChI=1S/C52H92N/c1-3-5-7-9-11-13-15-17-19-21-23-25-27-29-31-33-41-47-53(49-51-43-37-35-38-44-51,50-52-45-39-36-40-46-52)48-42-34-32-30-28-26-24-22-20-18-16-14-12-10-8-6-4-2/h35-40,43-46H,3-34,41-42,47-50H2,1-2H3/q+1. The van der Waals surface area contributed by atoms with Gasteiger partial charge < -0.3 is 4.48 Å². The van der Waals surface area contributed by atoms with Gasteiger partial charge in [0.1, 0.15) is 13.1 Å². The summed E-state index contributed by atoms with van der Waals surface area (Å²) in [7, 11) is 0. The SMILES string of the molecule is CCCCCCCCCCCCCCCCCCC[N+](CCCCCCCCCCCCCCCCCCC)(Cc1ccccc1)Cc1ccccc1. The number of hydrogen-bond donors (Lipinski definition) is 0. The predicted molar refractivity (Wildman–Crippen MR) is 239 cm³/mol. The van der Waals surface area contributed by atoms with Crippen molar-refractivity contribution in [3.05, 3.63) is 71.8 Å². The zero-order chi connectivity index (χ0) is 37.6. The van der Waals surface area contributed by atoms with Gasteiger partial charge in [-0.1, -0.05) is 267 Å². The van der Waals surface area contributed by atoms with Gasteiger partial charge in [0.2, 0.25) is 0 Å². The number of rotatable bonds is 40. The van der Waals surface area contributed by atoms with E-state index in [1.165, 1.54) is 260 Å². The van der Waals surface area contributed by atoms with Crippen molar-refractivity contribution in [3.63, 3.8) is 0 Å².